The molecule has 5 nitrogen and oxygen atoms in total. The number of nitrogen functional groups attached to an aromatic ring is 1. The predicted octanol–water partition coefficient (Wildman–Crippen LogP) is 1.55. The molecule has 0 aliphatic heterocycles. The number of nitrogens with two attached hydrogens (primary N) is 1. The molecule has 0 saturated carbocycles. The fourth-order valence-corrected chi connectivity index (χ4v) is 2.22. The number of aromatic nitrogens is 2. The Kier molecular flexibility index (Phi) is 3.33. The van der Waals surface area contributed by atoms with Gasteiger partial charge < -0.3 is 10.2 Å². The summed E-state index contributed by atoms with van der Waals surface area (Å²) in [4.78, 5) is 9.77. The normalized spacial score (nSPS) is 12.9. The molecule has 0 radical (unpaired) electrons. The van der Waals surface area contributed by atoms with Crippen molar-refractivity contribution in [1.82, 2.24) is 9.97 Å². The van der Waals surface area contributed by atoms with Gasteiger partial charge in [-0.05, 0) is 18.4 Å². The molecular weight excluding hydrogens is 224 g/mol. The van der Waals surface area contributed by atoms with Crippen LogP contribution in [0.25, 0.3) is 10.2 Å². The zero-order chi connectivity index (χ0) is 11.5. The summed E-state index contributed by atoms with van der Waals surface area (Å²) in [7, 11) is 1.68. The van der Waals surface area contributed by atoms with Crippen LogP contribution in [0, 0.1) is 0 Å². The summed E-state index contributed by atoms with van der Waals surface area (Å²) in [6.07, 6.45) is 0.780. The standard InChI is InChI=1S/C10H14N4OS/c1-6(15-2)5-8-12-9(14-11)7-3-4-16-10(7)13-8/h3-4,6H,5,11H2,1-2H3,(H,12,13,14). The lowest BCUT2D eigenvalue weighted by Gasteiger charge is -2.09. The first-order chi connectivity index (χ1) is 7.74. The van der Waals surface area contributed by atoms with Gasteiger partial charge in [-0.25, -0.2) is 15.8 Å². The predicted molar refractivity (Wildman–Crippen MR) is 65.4 cm³/mol. The third kappa shape index (κ3) is 2.13. The Morgan fingerprint density at radius 1 is 1.56 bits per heavy atom. The molecule has 0 aliphatic carbocycles. The quantitative estimate of drug-likeness (QED) is 0.624. The van der Waals surface area contributed by atoms with Gasteiger partial charge in [0.05, 0.1) is 11.5 Å². The molecule has 0 amide bonds. The first-order valence-electron chi connectivity index (χ1n) is 4.98. The van der Waals surface area contributed by atoms with Crippen molar-refractivity contribution in [2.75, 3.05) is 12.5 Å². The monoisotopic (exact) mass is 238 g/mol. The Hall–Kier alpha value is -1.24. The molecule has 0 aliphatic rings. The molecule has 2 aromatic rings. The number of methoxy groups -OCH3 is 1. The Morgan fingerprint density at radius 3 is 3.06 bits per heavy atom. The van der Waals surface area contributed by atoms with Gasteiger partial charge in [-0.1, -0.05) is 0 Å². The topological polar surface area (TPSA) is 73.1 Å². The number of rotatable bonds is 4. The van der Waals surface area contributed by atoms with E-state index in [0.717, 1.165) is 16.0 Å². The van der Waals surface area contributed by atoms with Crippen molar-refractivity contribution >= 4 is 27.4 Å². The van der Waals surface area contributed by atoms with E-state index in [0.29, 0.717) is 12.2 Å². The van der Waals surface area contributed by atoms with Crippen LogP contribution in [0.2, 0.25) is 0 Å². The third-order valence-electron chi connectivity index (χ3n) is 2.38. The largest absolute Gasteiger partial charge is 0.381 e. The zero-order valence-electron chi connectivity index (χ0n) is 9.23. The highest BCUT2D eigenvalue weighted by molar-refractivity contribution is 7.16. The van der Waals surface area contributed by atoms with Crippen LogP contribution in [-0.2, 0) is 11.2 Å². The Labute approximate surface area is 97.6 Å². The average Bonchev–Trinajstić information content (AvgIpc) is 2.75. The van der Waals surface area contributed by atoms with Crippen LogP contribution in [0.4, 0.5) is 5.82 Å². The molecule has 0 aromatic carbocycles. The van der Waals surface area contributed by atoms with Crippen LogP contribution in [0.1, 0.15) is 12.7 Å². The summed E-state index contributed by atoms with van der Waals surface area (Å²) in [6, 6.07) is 1.96. The molecule has 2 aromatic heterocycles. The summed E-state index contributed by atoms with van der Waals surface area (Å²) in [5, 5.41) is 2.94. The van der Waals surface area contributed by atoms with Crippen molar-refractivity contribution in [2.24, 2.45) is 5.84 Å². The van der Waals surface area contributed by atoms with Crippen LogP contribution in [0.3, 0.4) is 0 Å². The number of hydrazine groups is 1. The molecule has 86 valence electrons. The highest BCUT2D eigenvalue weighted by Crippen LogP contribution is 2.24. The molecular formula is C10H14N4OS. The van der Waals surface area contributed by atoms with E-state index >= 15 is 0 Å². The third-order valence-corrected chi connectivity index (χ3v) is 3.19. The fourth-order valence-electron chi connectivity index (χ4n) is 1.44. The molecule has 3 N–H and O–H groups in total. The van der Waals surface area contributed by atoms with Gasteiger partial charge in [0.1, 0.15) is 10.7 Å². The van der Waals surface area contributed by atoms with Crippen LogP contribution >= 0.6 is 11.3 Å². The maximum atomic E-state index is 5.44. The van der Waals surface area contributed by atoms with E-state index in [2.05, 4.69) is 15.4 Å². The number of nitrogens with one attached hydrogen (secondary N) is 1. The van der Waals surface area contributed by atoms with Gasteiger partial charge in [0.15, 0.2) is 5.82 Å². The van der Waals surface area contributed by atoms with Gasteiger partial charge in [-0.15, -0.1) is 11.3 Å². The summed E-state index contributed by atoms with van der Waals surface area (Å²) >= 11 is 1.58. The lowest BCUT2D eigenvalue weighted by atomic mass is 10.2. The molecule has 1 unspecified atom stereocenters. The van der Waals surface area contributed by atoms with Gasteiger partial charge in [-0.3, -0.25) is 0 Å². The minimum Gasteiger partial charge on any atom is -0.381 e. The molecule has 0 fully saturated rings. The highest BCUT2D eigenvalue weighted by atomic mass is 32.1. The first-order valence-corrected chi connectivity index (χ1v) is 5.86. The lowest BCUT2D eigenvalue weighted by Crippen LogP contribution is -2.14. The molecule has 0 bridgehead atoms. The molecule has 2 heterocycles. The summed E-state index contributed by atoms with van der Waals surface area (Å²) in [6.45, 7) is 1.98. The first kappa shape index (κ1) is 11.3. The summed E-state index contributed by atoms with van der Waals surface area (Å²) < 4.78 is 5.19. The second-order valence-corrected chi connectivity index (χ2v) is 4.42. The Morgan fingerprint density at radius 2 is 2.38 bits per heavy atom. The second kappa shape index (κ2) is 4.73. The van der Waals surface area contributed by atoms with Gasteiger partial charge in [0, 0.05) is 13.5 Å². The van der Waals surface area contributed by atoms with E-state index in [9.17, 15) is 0 Å². The molecule has 6 heteroatoms. The summed E-state index contributed by atoms with van der Waals surface area (Å²) in [5.74, 6) is 6.86. The Bertz CT molecular complexity index is 485. The minimum atomic E-state index is 0.100. The van der Waals surface area contributed by atoms with Crippen molar-refractivity contribution in [2.45, 2.75) is 19.4 Å². The number of fused-ring (bicyclic) bond motifs is 1. The average molecular weight is 238 g/mol. The van der Waals surface area contributed by atoms with E-state index in [4.69, 9.17) is 10.6 Å². The van der Waals surface area contributed by atoms with Gasteiger partial charge in [0.25, 0.3) is 0 Å². The van der Waals surface area contributed by atoms with Crippen molar-refractivity contribution in [3.63, 3.8) is 0 Å². The van der Waals surface area contributed by atoms with Gasteiger partial charge in [0.2, 0.25) is 0 Å². The number of nitrogens with zero attached hydrogens (tertiary/aromatic N) is 2. The van der Waals surface area contributed by atoms with Crippen molar-refractivity contribution in [1.29, 1.82) is 0 Å². The number of ether oxygens (including phenoxy) is 1. The molecule has 16 heavy (non-hydrogen) atoms. The second-order valence-electron chi connectivity index (χ2n) is 3.52. The highest BCUT2D eigenvalue weighted by Gasteiger charge is 2.10. The van der Waals surface area contributed by atoms with E-state index < -0.39 is 0 Å². The zero-order valence-corrected chi connectivity index (χ0v) is 10.0. The van der Waals surface area contributed by atoms with E-state index in [1.54, 1.807) is 18.4 Å². The van der Waals surface area contributed by atoms with Crippen molar-refractivity contribution < 1.29 is 4.74 Å². The number of hydrogen-bond donors (Lipinski definition) is 2. The SMILES string of the molecule is COC(C)Cc1nc(NN)c2ccsc2n1. The smallest absolute Gasteiger partial charge is 0.152 e. The maximum absolute atomic E-state index is 5.44. The Balaban J connectivity index is 2.39. The van der Waals surface area contributed by atoms with Crippen LogP contribution < -0.4 is 11.3 Å². The lowest BCUT2D eigenvalue weighted by molar-refractivity contribution is 0.117. The van der Waals surface area contributed by atoms with Gasteiger partial charge in [-0.2, -0.15) is 0 Å². The van der Waals surface area contributed by atoms with Crippen LogP contribution in [0.5, 0.6) is 0 Å². The van der Waals surface area contributed by atoms with Crippen molar-refractivity contribution in [3.8, 4) is 0 Å². The van der Waals surface area contributed by atoms with E-state index in [-0.39, 0.29) is 6.10 Å². The van der Waals surface area contributed by atoms with E-state index in [1.807, 2.05) is 18.4 Å². The summed E-state index contributed by atoms with van der Waals surface area (Å²) in [5.41, 5.74) is 2.60. The van der Waals surface area contributed by atoms with E-state index in [1.165, 1.54) is 0 Å². The van der Waals surface area contributed by atoms with Gasteiger partial charge >= 0.3 is 0 Å². The molecule has 2 rings (SSSR count). The maximum Gasteiger partial charge on any atom is 0.152 e. The number of hydrogen-bond acceptors (Lipinski definition) is 6. The molecule has 0 saturated heterocycles. The fraction of sp³-hybridized carbons (Fsp3) is 0.400. The number of thiophene rings is 1. The minimum absolute atomic E-state index is 0.100. The molecule has 1 atom stereocenters. The van der Waals surface area contributed by atoms with Crippen LogP contribution in [-0.4, -0.2) is 23.2 Å². The molecule has 0 spiro atoms. The van der Waals surface area contributed by atoms with Crippen LogP contribution in [0.15, 0.2) is 11.4 Å². The number of anilines is 1. The van der Waals surface area contributed by atoms with Crippen molar-refractivity contribution in [3.05, 3.63) is 17.3 Å².